The van der Waals surface area contributed by atoms with Crippen LogP contribution < -0.4 is 5.73 Å². The smallest absolute Gasteiger partial charge is 0.102 e. The van der Waals surface area contributed by atoms with Crippen LogP contribution in [0.4, 0.5) is 0 Å². The molecule has 3 nitrogen and oxygen atoms in total. The van der Waals surface area contributed by atoms with E-state index in [0.29, 0.717) is 11.3 Å². The predicted octanol–water partition coefficient (Wildman–Crippen LogP) is 3.10. The van der Waals surface area contributed by atoms with E-state index in [1.54, 1.807) is 35.9 Å². The number of rotatable bonds is 2. The lowest BCUT2D eigenvalue weighted by atomic mass is 10.0. The van der Waals surface area contributed by atoms with Gasteiger partial charge in [-0.25, -0.2) is 0 Å². The maximum Gasteiger partial charge on any atom is 0.102 e. The fraction of sp³-hybridized carbons (Fsp3) is 0. The average Bonchev–Trinajstić information content (AvgIpc) is 2.78. The first-order valence-corrected chi connectivity index (χ1v) is 6.73. The van der Waals surface area contributed by atoms with E-state index < -0.39 is 0 Å². The van der Waals surface area contributed by atoms with Crippen LogP contribution in [-0.4, -0.2) is 4.98 Å². The molecule has 2 heterocycles. The molecular weight excluding hydrogens is 345 g/mol. The van der Waals surface area contributed by atoms with Gasteiger partial charge in [0, 0.05) is 23.3 Å². The second kappa shape index (κ2) is 5.29. The van der Waals surface area contributed by atoms with Crippen LogP contribution in [0.1, 0.15) is 11.1 Å². The van der Waals surface area contributed by atoms with Gasteiger partial charge < -0.3 is 5.73 Å². The van der Waals surface area contributed by atoms with Crippen LogP contribution in [-0.2, 0) is 0 Å². The number of allylic oxidation sites excluding steroid dienone is 1. The summed E-state index contributed by atoms with van der Waals surface area (Å²) in [7, 11) is 0. The van der Waals surface area contributed by atoms with E-state index in [1.165, 1.54) is 0 Å². The molecule has 2 aromatic heterocycles. The number of thiophene rings is 1. The third-order valence-corrected chi connectivity index (χ3v) is 4.02. The molecule has 2 aromatic rings. The highest BCUT2D eigenvalue weighted by molar-refractivity contribution is 14.1. The third kappa shape index (κ3) is 2.65. The predicted molar refractivity (Wildman–Crippen MR) is 77.9 cm³/mol. The van der Waals surface area contributed by atoms with Crippen molar-refractivity contribution in [3.63, 3.8) is 0 Å². The van der Waals surface area contributed by atoms with E-state index in [-0.39, 0.29) is 0 Å². The van der Waals surface area contributed by atoms with Crippen molar-refractivity contribution in [3.8, 4) is 6.07 Å². The summed E-state index contributed by atoms with van der Waals surface area (Å²) < 4.78 is 1.15. The van der Waals surface area contributed by atoms with Crippen LogP contribution in [0.15, 0.2) is 36.0 Å². The molecule has 0 aliphatic rings. The summed E-state index contributed by atoms with van der Waals surface area (Å²) in [5.41, 5.74) is 8.72. The zero-order chi connectivity index (χ0) is 12.3. The van der Waals surface area contributed by atoms with E-state index in [4.69, 9.17) is 5.73 Å². The topological polar surface area (TPSA) is 62.7 Å². The van der Waals surface area contributed by atoms with Gasteiger partial charge in [-0.05, 0) is 46.4 Å². The van der Waals surface area contributed by atoms with Crippen LogP contribution in [0.25, 0.3) is 11.3 Å². The van der Waals surface area contributed by atoms with Crippen LogP contribution in [0.3, 0.4) is 0 Å². The molecule has 5 heteroatoms. The molecule has 0 aliphatic carbocycles. The number of halogens is 1. The maximum atomic E-state index is 9.21. The highest BCUT2D eigenvalue weighted by Gasteiger charge is 2.09. The van der Waals surface area contributed by atoms with Crippen molar-refractivity contribution in [3.05, 3.63) is 50.0 Å². The van der Waals surface area contributed by atoms with E-state index in [1.807, 2.05) is 11.4 Å². The molecule has 0 fully saturated rings. The Labute approximate surface area is 117 Å². The molecule has 0 spiro atoms. The van der Waals surface area contributed by atoms with Gasteiger partial charge in [0.05, 0.1) is 14.2 Å². The molecule has 0 aromatic carbocycles. The Morgan fingerprint density at radius 2 is 2.06 bits per heavy atom. The number of nitrogens with two attached hydrogens (primary N) is 1. The highest BCUT2D eigenvalue weighted by Crippen LogP contribution is 2.26. The first-order chi connectivity index (χ1) is 8.22. The Morgan fingerprint density at radius 3 is 2.59 bits per heavy atom. The standard InChI is InChI=1S/C12H8IN3S/c13-11-5-9(7-17-11)12(15)10(6-14)8-1-3-16-4-2-8/h1-5,7H,15H2/b12-10-. The lowest BCUT2D eigenvalue weighted by molar-refractivity contribution is 1.32. The average molecular weight is 353 g/mol. The van der Waals surface area contributed by atoms with Gasteiger partial charge in [0.2, 0.25) is 0 Å². The molecule has 0 saturated heterocycles. The van der Waals surface area contributed by atoms with Gasteiger partial charge in [-0.3, -0.25) is 4.98 Å². The molecule has 0 unspecified atom stereocenters. The van der Waals surface area contributed by atoms with E-state index in [0.717, 1.165) is 14.0 Å². The van der Waals surface area contributed by atoms with E-state index in [9.17, 15) is 5.26 Å². The Hall–Kier alpha value is -1.39. The summed E-state index contributed by atoms with van der Waals surface area (Å²) in [4.78, 5) is 3.93. The van der Waals surface area contributed by atoms with Crippen molar-refractivity contribution in [2.45, 2.75) is 0 Å². The number of pyridine rings is 1. The molecule has 0 amide bonds. The van der Waals surface area contributed by atoms with Gasteiger partial charge >= 0.3 is 0 Å². The summed E-state index contributed by atoms with van der Waals surface area (Å²) in [6.45, 7) is 0. The molecule has 0 bridgehead atoms. The van der Waals surface area contributed by atoms with Gasteiger partial charge in [0.15, 0.2) is 0 Å². The quantitative estimate of drug-likeness (QED) is 0.667. The summed E-state index contributed by atoms with van der Waals surface area (Å²) in [6, 6.07) is 7.69. The van der Waals surface area contributed by atoms with Crippen LogP contribution in [0.5, 0.6) is 0 Å². The molecule has 2 rings (SSSR count). The largest absolute Gasteiger partial charge is 0.397 e. The van der Waals surface area contributed by atoms with Gasteiger partial charge in [-0.15, -0.1) is 11.3 Å². The van der Waals surface area contributed by atoms with Crippen LogP contribution in [0, 0.1) is 14.2 Å². The Bertz CT molecular complexity index is 596. The summed E-state index contributed by atoms with van der Waals surface area (Å²) >= 11 is 3.84. The third-order valence-electron chi connectivity index (χ3n) is 2.23. The molecule has 0 atom stereocenters. The highest BCUT2D eigenvalue weighted by atomic mass is 127. The van der Waals surface area contributed by atoms with Crippen molar-refractivity contribution in [1.29, 1.82) is 5.26 Å². The molecule has 0 radical (unpaired) electrons. The van der Waals surface area contributed by atoms with Crippen molar-refractivity contribution in [2.75, 3.05) is 0 Å². The van der Waals surface area contributed by atoms with Gasteiger partial charge in [0.25, 0.3) is 0 Å². The minimum Gasteiger partial charge on any atom is -0.397 e. The summed E-state index contributed by atoms with van der Waals surface area (Å²) in [6.07, 6.45) is 3.30. The maximum absolute atomic E-state index is 9.21. The van der Waals surface area contributed by atoms with E-state index in [2.05, 4.69) is 33.6 Å². The lowest BCUT2D eigenvalue weighted by Gasteiger charge is -2.03. The summed E-state index contributed by atoms with van der Waals surface area (Å²) in [5.74, 6) is 0. The number of nitrogens with zero attached hydrogens (tertiary/aromatic N) is 2. The normalized spacial score (nSPS) is 11.8. The SMILES string of the molecule is N#C/C(=C(/N)c1csc(I)c1)c1ccncc1. The zero-order valence-corrected chi connectivity index (χ0v) is 11.7. The number of hydrogen-bond donors (Lipinski definition) is 1. The van der Waals surface area contributed by atoms with Crippen molar-refractivity contribution >= 4 is 45.2 Å². The fourth-order valence-electron chi connectivity index (χ4n) is 1.39. The van der Waals surface area contributed by atoms with Crippen LogP contribution >= 0.6 is 33.9 Å². The van der Waals surface area contributed by atoms with Gasteiger partial charge in [-0.1, -0.05) is 0 Å². The Kier molecular flexibility index (Phi) is 3.76. The summed E-state index contributed by atoms with van der Waals surface area (Å²) in [5, 5.41) is 11.2. The minimum absolute atomic E-state index is 0.488. The number of aromatic nitrogens is 1. The van der Waals surface area contributed by atoms with Crippen LogP contribution in [0.2, 0.25) is 0 Å². The molecule has 2 N–H and O–H groups in total. The zero-order valence-electron chi connectivity index (χ0n) is 8.72. The van der Waals surface area contributed by atoms with E-state index >= 15 is 0 Å². The first kappa shape index (κ1) is 12.1. The molecular formula is C12H8IN3S. The van der Waals surface area contributed by atoms with Crippen molar-refractivity contribution in [1.82, 2.24) is 4.98 Å². The molecule has 84 valence electrons. The lowest BCUT2D eigenvalue weighted by Crippen LogP contribution is -1.99. The second-order valence-electron chi connectivity index (χ2n) is 3.28. The Morgan fingerprint density at radius 1 is 1.35 bits per heavy atom. The second-order valence-corrected chi connectivity index (χ2v) is 6.08. The number of hydrogen-bond acceptors (Lipinski definition) is 4. The monoisotopic (exact) mass is 353 g/mol. The van der Waals surface area contributed by atoms with Gasteiger partial charge in [0.1, 0.15) is 6.07 Å². The molecule has 0 saturated carbocycles. The molecule has 0 aliphatic heterocycles. The van der Waals surface area contributed by atoms with Crippen molar-refractivity contribution < 1.29 is 0 Å². The Balaban J connectivity index is 2.52. The first-order valence-electron chi connectivity index (χ1n) is 4.77. The fourth-order valence-corrected chi connectivity index (χ4v) is 2.74. The van der Waals surface area contributed by atoms with Crippen molar-refractivity contribution in [2.24, 2.45) is 5.73 Å². The minimum atomic E-state index is 0.488. The molecule has 17 heavy (non-hydrogen) atoms. The number of nitriles is 1. The van der Waals surface area contributed by atoms with Gasteiger partial charge in [-0.2, -0.15) is 5.26 Å².